The summed E-state index contributed by atoms with van der Waals surface area (Å²) in [6, 6.07) is 4.09. The van der Waals surface area contributed by atoms with Crippen LogP contribution in [0.2, 0.25) is 0 Å². The van der Waals surface area contributed by atoms with Gasteiger partial charge in [0.1, 0.15) is 5.82 Å². The summed E-state index contributed by atoms with van der Waals surface area (Å²) >= 11 is 0. The largest absolute Gasteiger partial charge is 0.369 e. The zero-order valence-corrected chi connectivity index (χ0v) is 18.8. The van der Waals surface area contributed by atoms with E-state index in [2.05, 4.69) is 46.9 Å². The van der Waals surface area contributed by atoms with Crippen LogP contribution in [0.25, 0.3) is 0 Å². The SMILES string of the molecule is CCNC(=NCc1cccnc1N1CCC(C(N)=O)CC1)N1CCC(CC(C)C)C1. The summed E-state index contributed by atoms with van der Waals surface area (Å²) in [5, 5.41) is 3.48. The molecule has 0 aromatic carbocycles. The summed E-state index contributed by atoms with van der Waals surface area (Å²) in [5.41, 5.74) is 6.61. The number of aliphatic imine (C=N–C) groups is 1. The Labute approximate surface area is 181 Å². The van der Waals surface area contributed by atoms with Gasteiger partial charge in [-0.1, -0.05) is 19.9 Å². The van der Waals surface area contributed by atoms with Gasteiger partial charge in [0, 0.05) is 50.4 Å². The molecule has 1 atom stereocenters. The smallest absolute Gasteiger partial charge is 0.220 e. The van der Waals surface area contributed by atoms with Crippen molar-refractivity contribution in [2.75, 3.05) is 37.6 Å². The van der Waals surface area contributed by atoms with Gasteiger partial charge in [-0.05, 0) is 50.5 Å². The Balaban J connectivity index is 1.67. The van der Waals surface area contributed by atoms with Gasteiger partial charge in [-0.15, -0.1) is 0 Å². The number of hydrogen-bond acceptors (Lipinski definition) is 4. The molecule has 0 spiro atoms. The van der Waals surface area contributed by atoms with Crippen molar-refractivity contribution in [1.29, 1.82) is 0 Å². The average molecular weight is 415 g/mol. The third kappa shape index (κ3) is 5.86. The van der Waals surface area contributed by atoms with Crippen LogP contribution in [-0.2, 0) is 11.3 Å². The van der Waals surface area contributed by atoms with Gasteiger partial charge < -0.3 is 20.9 Å². The Hall–Kier alpha value is -2.31. The van der Waals surface area contributed by atoms with Gasteiger partial charge in [0.05, 0.1) is 6.54 Å². The number of nitrogens with zero attached hydrogens (tertiary/aromatic N) is 4. The minimum absolute atomic E-state index is 0.0132. The molecule has 3 rings (SSSR count). The van der Waals surface area contributed by atoms with Crippen LogP contribution in [0.15, 0.2) is 23.3 Å². The normalized spacial score (nSPS) is 20.8. The van der Waals surface area contributed by atoms with Crippen molar-refractivity contribution in [2.45, 2.75) is 53.0 Å². The maximum absolute atomic E-state index is 11.5. The molecule has 2 aliphatic heterocycles. The van der Waals surface area contributed by atoms with E-state index in [1.807, 2.05) is 12.3 Å². The number of amides is 1. The number of pyridine rings is 1. The van der Waals surface area contributed by atoms with Crippen LogP contribution in [-0.4, -0.2) is 54.5 Å². The van der Waals surface area contributed by atoms with E-state index in [1.54, 1.807) is 0 Å². The van der Waals surface area contributed by atoms with Crippen LogP contribution in [0, 0.1) is 17.8 Å². The molecular formula is C23H38N6O. The number of nitrogens with two attached hydrogens (primary N) is 1. The van der Waals surface area contributed by atoms with E-state index in [0.29, 0.717) is 6.54 Å². The van der Waals surface area contributed by atoms with Crippen molar-refractivity contribution in [1.82, 2.24) is 15.2 Å². The number of aromatic nitrogens is 1. The second kappa shape index (κ2) is 10.6. The van der Waals surface area contributed by atoms with E-state index in [4.69, 9.17) is 10.7 Å². The van der Waals surface area contributed by atoms with Gasteiger partial charge >= 0.3 is 0 Å². The molecule has 7 heteroatoms. The highest BCUT2D eigenvalue weighted by Gasteiger charge is 2.26. The lowest BCUT2D eigenvalue weighted by Gasteiger charge is -2.32. The summed E-state index contributed by atoms with van der Waals surface area (Å²) in [4.78, 5) is 25.8. The first-order valence-corrected chi connectivity index (χ1v) is 11.5. The number of carbonyl (C=O) groups is 1. The lowest BCUT2D eigenvalue weighted by atomic mass is 9.96. The average Bonchev–Trinajstić information content (AvgIpc) is 3.19. The number of guanidine groups is 1. The summed E-state index contributed by atoms with van der Waals surface area (Å²) in [6.45, 7) is 12.0. The molecule has 3 heterocycles. The van der Waals surface area contributed by atoms with E-state index in [-0.39, 0.29) is 11.8 Å². The van der Waals surface area contributed by atoms with Crippen molar-refractivity contribution in [2.24, 2.45) is 28.5 Å². The highest BCUT2D eigenvalue weighted by molar-refractivity contribution is 5.80. The Morgan fingerprint density at radius 1 is 1.30 bits per heavy atom. The first-order chi connectivity index (χ1) is 14.5. The van der Waals surface area contributed by atoms with E-state index in [0.717, 1.165) is 74.7 Å². The first-order valence-electron chi connectivity index (χ1n) is 11.5. The van der Waals surface area contributed by atoms with Gasteiger partial charge in [0.2, 0.25) is 5.91 Å². The van der Waals surface area contributed by atoms with Crippen LogP contribution >= 0.6 is 0 Å². The van der Waals surface area contributed by atoms with E-state index in [1.165, 1.54) is 12.8 Å². The Kier molecular flexibility index (Phi) is 7.94. The van der Waals surface area contributed by atoms with Crippen LogP contribution < -0.4 is 16.0 Å². The minimum atomic E-state index is -0.183. The summed E-state index contributed by atoms with van der Waals surface area (Å²) in [6.07, 6.45) is 5.95. The summed E-state index contributed by atoms with van der Waals surface area (Å²) in [7, 11) is 0. The fraction of sp³-hybridized carbons (Fsp3) is 0.696. The standard InChI is InChI=1S/C23H38N6O/c1-4-25-23(29-11-7-18(16-29)14-17(2)3)27-15-20-6-5-10-26-22(20)28-12-8-19(9-13-28)21(24)30/h5-6,10,17-19H,4,7-9,11-16H2,1-3H3,(H2,24,30)(H,25,27). The maximum Gasteiger partial charge on any atom is 0.220 e. The zero-order valence-electron chi connectivity index (χ0n) is 18.8. The lowest BCUT2D eigenvalue weighted by Crippen LogP contribution is -2.40. The van der Waals surface area contributed by atoms with Crippen molar-refractivity contribution in [3.8, 4) is 0 Å². The van der Waals surface area contributed by atoms with Crippen molar-refractivity contribution in [3.05, 3.63) is 23.9 Å². The Morgan fingerprint density at radius 3 is 2.73 bits per heavy atom. The number of carbonyl (C=O) groups excluding carboxylic acids is 1. The molecule has 2 aliphatic rings. The van der Waals surface area contributed by atoms with Crippen LogP contribution in [0.4, 0.5) is 5.82 Å². The molecule has 1 aromatic heterocycles. The number of likely N-dealkylation sites (tertiary alicyclic amines) is 1. The first kappa shape index (κ1) is 22.4. The third-order valence-electron chi connectivity index (χ3n) is 6.19. The molecule has 2 fully saturated rings. The number of nitrogens with one attached hydrogen (secondary N) is 1. The molecular weight excluding hydrogens is 376 g/mol. The van der Waals surface area contributed by atoms with E-state index < -0.39 is 0 Å². The van der Waals surface area contributed by atoms with Crippen molar-refractivity contribution in [3.63, 3.8) is 0 Å². The number of rotatable bonds is 7. The van der Waals surface area contributed by atoms with Crippen LogP contribution in [0.3, 0.4) is 0 Å². The summed E-state index contributed by atoms with van der Waals surface area (Å²) in [5.74, 6) is 3.29. The molecule has 1 amide bonds. The zero-order chi connectivity index (χ0) is 21.5. The van der Waals surface area contributed by atoms with Gasteiger partial charge in [-0.2, -0.15) is 0 Å². The topological polar surface area (TPSA) is 86.9 Å². The monoisotopic (exact) mass is 414 g/mol. The molecule has 0 bridgehead atoms. The molecule has 1 unspecified atom stereocenters. The molecule has 3 N–H and O–H groups in total. The van der Waals surface area contributed by atoms with Gasteiger partial charge in [-0.3, -0.25) is 4.79 Å². The van der Waals surface area contributed by atoms with Gasteiger partial charge in [0.15, 0.2) is 5.96 Å². The predicted molar refractivity (Wildman–Crippen MR) is 122 cm³/mol. The third-order valence-corrected chi connectivity index (χ3v) is 6.19. The van der Waals surface area contributed by atoms with Gasteiger partial charge in [-0.25, -0.2) is 9.98 Å². The Bertz CT molecular complexity index is 726. The second-order valence-corrected chi connectivity index (χ2v) is 9.05. The quantitative estimate of drug-likeness (QED) is 0.529. The molecule has 2 saturated heterocycles. The molecule has 0 saturated carbocycles. The van der Waals surface area contributed by atoms with Crippen LogP contribution in [0.5, 0.6) is 0 Å². The molecule has 30 heavy (non-hydrogen) atoms. The van der Waals surface area contributed by atoms with Gasteiger partial charge in [0.25, 0.3) is 0 Å². The van der Waals surface area contributed by atoms with Crippen molar-refractivity contribution < 1.29 is 4.79 Å². The lowest BCUT2D eigenvalue weighted by molar-refractivity contribution is -0.122. The maximum atomic E-state index is 11.5. The molecule has 0 aliphatic carbocycles. The highest BCUT2D eigenvalue weighted by Crippen LogP contribution is 2.26. The fourth-order valence-corrected chi connectivity index (χ4v) is 4.68. The number of anilines is 1. The number of hydrogen-bond donors (Lipinski definition) is 2. The molecule has 1 aromatic rings. The molecule has 0 radical (unpaired) electrons. The van der Waals surface area contributed by atoms with E-state index in [9.17, 15) is 4.79 Å². The molecule has 7 nitrogen and oxygen atoms in total. The summed E-state index contributed by atoms with van der Waals surface area (Å²) < 4.78 is 0. The Morgan fingerprint density at radius 2 is 2.07 bits per heavy atom. The fourth-order valence-electron chi connectivity index (χ4n) is 4.68. The molecule has 166 valence electrons. The van der Waals surface area contributed by atoms with E-state index >= 15 is 0 Å². The number of primary amides is 1. The second-order valence-electron chi connectivity index (χ2n) is 9.05. The van der Waals surface area contributed by atoms with Crippen molar-refractivity contribution >= 4 is 17.7 Å². The minimum Gasteiger partial charge on any atom is -0.369 e. The highest BCUT2D eigenvalue weighted by atomic mass is 16.1. The van der Waals surface area contributed by atoms with Crippen LogP contribution in [0.1, 0.15) is 52.0 Å². The predicted octanol–water partition coefficient (Wildman–Crippen LogP) is 2.62. The number of piperidine rings is 1.